The molecule has 8 aliphatic heterocycles. The van der Waals surface area contributed by atoms with Crippen molar-refractivity contribution in [3.05, 3.63) is 323 Å². The third-order valence-corrected chi connectivity index (χ3v) is 33.5. The van der Waals surface area contributed by atoms with Crippen LogP contribution >= 0.6 is 0 Å². The Kier molecular flexibility index (Phi) is 25.5. The largest absolute Gasteiger partial charge is 0.369 e. The number of nitrogens with zero attached hydrogens (tertiary/aromatic N) is 10. The minimum atomic E-state index is -0.745. The van der Waals surface area contributed by atoms with Crippen LogP contribution in [-0.4, -0.2) is 155 Å². The Morgan fingerprint density at radius 2 is 1.15 bits per heavy atom. The number of carbonyl (C=O) groups is 1. The van der Waals surface area contributed by atoms with Crippen molar-refractivity contribution in [2.75, 3.05) is 67.5 Å². The van der Waals surface area contributed by atoms with Gasteiger partial charge in [-0.1, -0.05) is 145 Å². The van der Waals surface area contributed by atoms with Gasteiger partial charge in [-0.2, -0.15) is 0 Å². The van der Waals surface area contributed by atoms with Crippen molar-refractivity contribution in [1.82, 2.24) is 63.0 Å². The molecule has 10 aliphatic rings. The number of allylic oxidation sites excluding steroid dienone is 1. The number of aromatic nitrogens is 7. The second-order valence-electron chi connectivity index (χ2n) is 43.3. The van der Waals surface area contributed by atoms with Gasteiger partial charge in [-0.3, -0.25) is 24.5 Å². The Morgan fingerprint density at radius 1 is 0.529 bits per heavy atom. The van der Waals surface area contributed by atoms with Crippen LogP contribution < -0.4 is 5.73 Å². The van der Waals surface area contributed by atoms with E-state index in [1.165, 1.54) is 290 Å². The Hall–Kier alpha value is -11.1. The van der Waals surface area contributed by atoms with Crippen molar-refractivity contribution in [3.63, 3.8) is 0 Å². The summed E-state index contributed by atoms with van der Waals surface area (Å²) in [5.74, 6) is 1.48. The van der Waals surface area contributed by atoms with Gasteiger partial charge in [0.25, 0.3) is 0 Å². The predicted molar refractivity (Wildman–Crippen MR) is 564 cm³/mol. The van der Waals surface area contributed by atoms with Crippen molar-refractivity contribution in [1.29, 1.82) is 0 Å². The first-order chi connectivity index (χ1) is 65.9. The molecule has 2 aliphatic carbocycles. The van der Waals surface area contributed by atoms with Crippen LogP contribution in [0.25, 0.3) is 77.3 Å². The van der Waals surface area contributed by atoms with Crippen LogP contribution in [0, 0.1) is 47.5 Å². The molecule has 25 rings (SSSR count). The van der Waals surface area contributed by atoms with Crippen LogP contribution in [0.5, 0.6) is 0 Å². The van der Waals surface area contributed by atoms with E-state index < -0.39 is 5.41 Å². The summed E-state index contributed by atoms with van der Waals surface area (Å²) in [6.07, 6.45) is 32.3. The number of nitrogens with two attached hydrogens (primary N) is 1. The van der Waals surface area contributed by atoms with Crippen molar-refractivity contribution in [2.24, 2.45) is 32.8 Å². The number of benzene rings is 8. The van der Waals surface area contributed by atoms with Crippen molar-refractivity contribution < 1.29 is 4.79 Å². The minimum Gasteiger partial charge on any atom is -0.369 e. The zero-order chi connectivity index (χ0) is 93.6. The number of carbonyl (C=O) groups excluding carboxylic acids is 1. The zero-order valence-electron chi connectivity index (χ0n) is 83.5. The Balaban J connectivity index is 0.000000102. The number of primary amides is 1. The molecular formula is C121H144N14O. The molecule has 3 saturated heterocycles. The van der Waals surface area contributed by atoms with E-state index >= 15 is 0 Å². The lowest BCUT2D eigenvalue weighted by atomic mass is 9.76. The van der Waals surface area contributed by atoms with Gasteiger partial charge in [0, 0.05) is 225 Å². The van der Waals surface area contributed by atoms with E-state index in [1.54, 1.807) is 33.6 Å². The van der Waals surface area contributed by atoms with E-state index in [4.69, 9.17) is 5.73 Å². The first-order valence-corrected chi connectivity index (χ1v) is 51.5. The van der Waals surface area contributed by atoms with Gasteiger partial charge < -0.3 is 49.1 Å². The zero-order valence-corrected chi connectivity index (χ0v) is 83.5. The standard InChI is InChI=1S/C30H32N2.C26H31N3O.C26H31N3.C20H29N3.C19H21N3/c1-20-16-23(18-25(21-10-6-4-7-11-21)22-12-8-5-9-13-22)30-26(17-20)29-27-15-14-24(31(27)2)19-28(29)32(30)3;1-17-12-18(15-26(2,25(27)30)19-8-4-3-5-9-19)24-21(13-17)22-16-29-11-7-6-10-20(29)14-23(22)28-24;1-16-11-19(13-21(17-7-8-17)18-9-10-28(2)14-18)25-22(12-16)23-15-29(3)24-6-4-5-20(24)26(23)27-25;1-15-12-16(6-11-23-8-4-5-9-23)20-17(13-15)18-14-21(2)10-7-19(18)22(20)3;1-12-8-15(14-5-4-13(2)20-10-14)19-16(9-12)17-11-22(3)7-6-18(17)21-19/h4-13,16-17,24-25,27H,14-15,18-19H2,1-3H3;3-5,8-9,12-13,20,28H,6-7,10-11,14-16H2,1-2H3,(H2,27,30);9-14,17,20,24,27H,4-8,15H2,1-3H3;12-13H,4-11,14H2,1-3H3;4-5,8-10,21H,6-7,11H2,1-3H3/b;;21-13+;;. The summed E-state index contributed by atoms with van der Waals surface area (Å²) in [6.45, 7) is 26.7. The molecule has 704 valence electrons. The molecule has 1 amide bonds. The lowest BCUT2D eigenvalue weighted by molar-refractivity contribution is -0.123. The van der Waals surface area contributed by atoms with Gasteiger partial charge in [0.05, 0.1) is 27.5 Å². The predicted octanol–water partition coefficient (Wildman–Crippen LogP) is 23.7. The number of amides is 1. The molecule has 8 aromatic carbocycles. The molecule has 0 radical (unpaired) electrons. The first kappa shape index (κ1) is 91.3. The maximum Gasteiger partial charge on any atom is 0.228 e. The number of H-pyrrole nitrogens is 3. The Morgan fingerprint density at radius 3 is 1.85 bits per heavy atom. The van der Waals surface area contributed by atoms with Crippen molar-refractivity contribution >= 4 is 72.1 Å². The second-order valence-corrected chi connectivity index (χ2v) is 43.3. The molecule has 15 aromatic rings. The number of likely N-dealkylation sites (N-methyl/N-ethyl adjacent to an activating group) is 4. The highest BCUT2D eigenvalue weighted by Gasteiger charge is 2.43. The number of aryl methyl sites for hydroxylation is 9. The molecule has 6 atom stereocenters. The number of fused-ring (bicyclic) bond motifs is 21. The number of likely N-dealkylation sites (tertiary alicyclic amines) is 1. The number of aromatic amines is 3. The monoisotopic (exact) mass is 1810 g/mol. The number of rotatable bonds is 15. The maximum atomic E-state index is 12.6. The van der Waals surface area contributed by atoms with Gasteiger partial charge in [0.2, 0.25) is 5.91 Å². The molecule has 5 fully saturated rings. The van der Waals surface area contributed by atoms with Crippen LogP contribution in [0.2, 0.25) is 0 Å². The van der Waals surface area contributed by atoms with Gasteiger partial charge >= 0.3 is 0 Å². The van der Waals surface area contributed by atoms with Gasteiger partial charge in [0.15, 0.2) is 0 Å². The van der Waals surface area contributed by atoms with Gasteiger partial charge in [-0.05, 0) is 335 Å². The lowest BCUT2D eigenvalue weighted by Gasteiger charge is -2.39. The normalized spacial score (nSPS) is 20.5. The third-order valence-electron chi connectivity index (χ3n) is 33.5. The van der Waals surface area contributed by atoms with Gasteiger partial charge in [-0.15, -0.1) is 0 Å². The Labute approximate surface area is 807 Å². The van der Waals surface area contributed by atoms with Crippen LogP contribution in [0.15, 0.2) is 188 Å². The lowest BCUT2D eigenvalue weighted by Crippen LogP contribution is -2.43. The average molecular weight is 1810 g/mol. The summed E-state index contributed by atoms with van der Waals surface area (Å²) in [6, 6.07) is 64.9. The average Bonchev–Trinajstić information content (AvgIpc) is 1.56. The fourth-order valence-corrected chi connectivity index (χ4v) is 26.2. The fraction of sp³-hybridized carbons (Fsp3) is 0.421. The quantitative estimate of drug-likeness (QED) is 0.0796. The number of pyridine rings is 1. The summed E-state index contributed by atoms with van der Waals surface area (Å²) < 4.78 is 7.21. The first-order valence-electron chi connectivity index (χ1n) is 51.5. The van der Waals surface area contributed by atoms with Gasteiger partial charge in [-0.25, -0.2) is 0 Å². The summed E-state index contributed by atoms with van der Waals surface area (Å²) in [5, 5.41) is 7.15. The molecule has 2 saturated carbocycles. The highest BCUT2D eigenvalue weighted by Crippen LogP contribution is 2.51. The molecule has 7 aromatic heterocycles. The summed E-state index contributed by atoms with van der Waals surface area (Å²) >= 11 is 0. The van der Waals surface area contributed by atoms with E-state index in [-0.39, 0.29) is 5.91 Å². The van der Waals surface area contributed by atoms with E-state index in [2.05, 4.69) is 305 Å². The second kappa shape index (κ2) is 38.0. The summed E-state index contributed by atoms with van der Waals surface area (Å²) in [5.41, 5.74) is 49.5. The SMILES string of the molecule is Cc1cc(-c2ccc(C)nc2)c2[nH]c3c(c2c1)CN(C)CC3.Cc1cc(/C=C(/c2ccn(C)c2)C2CC2)c2[nH]c3c(c2c1)CN(C)C1CCCC31.Cc1cc(CC(C)(C(N)=O)c2ccccc2)c2[nH]c3c(c2c1)CN1CCCCC1C3.Cc1cc(CC(c2ccccc2)c2ccccc2)c2c(c1)c1c(n2C)CC2CCC1N2C.Cc1cc(CCN2CCCC2)c2c(c1)c1c(n2C)CCN(C)C1. The highest BCUT2D eigenvalue weighted by atomic mass is 16.1. The summed E-state index contributed by atoms with van der Waals surface area (Å²) in [7, 11) is 15.8. The minimum absolute atomic E-state index is 0.281. The van der Waals surface area contributed by atoms with Crippen LogP contribution in [-0.2, 0) is 102 Å². The molecule has 0 spiro atoms. The van der Waals surface area contributed by atoms with Gasteiger partial charge in [0.1, 0.15) is 0 Å². The molecule has 136 heavy (non-hydrogen) atoms. The maximum absolute atomic E-state index is 12.6. The molecule has 6 unspecified atom stereocenters. The Bertz CT molecular complexity index is 6940. The van der Waals surface area contributed by atoms with Crippen LogP contribution in [0.3, 0.4) is 0 Å². The third kappa shape index (κ3) is 17.8. The molecule has 2 bridgehead atoms. The number of hydrogen-bond acceptors (Lipinski definition) is 8. The van der Waals surface area contributed by atoms with Crippen LogP contribution in [0.4, 0.5) is 0 Å². The smallest absolute Gasteiger partial charge is 0.228 e. The molecule has 15 heteroatoms. The highest BCUT2D eigenvalue weighted by molar-refractivity contribution is 6.00. The fourth-order valence-electron chi connectivity index (χ4n) is 26.2. The van der Waals surface area contributed by atoms with Crippen molar-refractivity contribution in [3.8, 4) is 11.1 Å². The molecular weight excluding hydrogens is 1670 g/mol. The topological polar surface area (TPSA) is 138 Å². The molecule has 5 N–H and O–H groups in total. The number of nitrogens with one attached hydrogen (secondary N) is 3. The van der Waals surface area contributed by atoms with E-state index in [0.29, 0.717) is 36.4 Å². The molecule has 15 heterocycles. The van der Waals surface area contributed by atoms with Crippen molar-refractivity contribution in [2.45, 2.75) is 238 Å². The summed E-state index contributed by atoms with van der Waals surface area (Å²) in [4.78, 5) is 43.9. The van der Waals surface area contributed by atoms with E-state index in [9.17, 15) is 4.79 Å². The number of hydrogen-bond donors (Lipinski definition) is 4. The number of piperidine rings is 1. The van der Waals surface area contributed by atoms with Crippen LogP contribution in [0.1, 0.15) is 236 Å². The molecule has 15 nitrogen and oxygen atoms in total. The van der Waals surface area contributed by atoms with E-state index in [0.717, 1.165) is 75.2 Å². The van der Waals surface area contributed by atoms with E-state index in [1.807, 2.05) is 50.4 Å².